The van der Waals surface area contributed by atoms with E-state index in [2.05, 4.69) is 31.1 Å². The zero-order valence-electron chi connectivity index (χ0n) is 20.5. The molecule has 0 aliphatic carbocycles. The first-order valence-corrected chi connectivity index (χ1v) is 11.8. The van der Waals surface area contributed by atoms with E-state index in [4.69, 9.17) is 10.2 Å². The number of nitrogens with zero attached hydrogens (tertiary/aromatic N) is 12. The van der Waals surface area contributed by atoms with Crippen molar-refractivity contribution in [1.29, 1.82) is 0 Å². The molecule has 0 N–H and O–H groups in total. The number of rotatable bonds is 13. The van der Waals surface area contributed by atoms with Gasteiger partial charge in [-0.15, -0.1) is 10.2 Å². The Bertz CT molecular complexity index is 1130. The van der Waals surface area contributed by atoms with Crippen LogP contribution in [0.4, 0.5) is 0 Å². The summed E-state index contributed by atoms with van der Waals surface area (Å²) in [4.78, 5) is 0. The molecule has 2 aromatic carbocycles. The van der Waals surface area contributed by atoms with Gasteiger partial charge >= 0.3 is 0 Å². The maximum absolute atomic E-state index is 4.75. The van der Waals surface area contributed by atoms with Crippen LogP contribution in [0, 0.1) is 0 Å². The van der Waals surface area contributed by atoms with Crippen LogP contribution >= 0.6 is 0 Å². The molecule has 0 saturated heterocycles. The van der Waals surface area contributed by atoms with E-state index in [-0.39, 0.29) is 0 Å². The van der Waals surface area contributed by atoms with E-state index < -0.39 is 0 Å². The lowest BCUT2D eigenvalue weighted by molar-refractivity contribution is 0.215. The predicted octanol–water partition coefficient (Wildman–Crippen LogP) is 1.19. The third kappa shape index (κ3) is 7.52. The molecule has 0 bridgehead atoms. The van der Waals surface area contributed by atoms with Crippen LogP contribution in [0.2, 0.25) is 0 Å². The molecule has 0 spiro atoms. The summed E-state index contributed by atoms with van der Waals surface area (Å²) in [6, 6.07) is 20.1. The van der Waals surface area contributed by atoms with Crippen molar-refractivity contribution in [3.8, 4) is 0 Å². The maximum Gasteiger partial charge on any atom is 0.152 e. The second kappa shape index (κ2) is 12.8. The van der Waals surface area contributed by atoms with Crippen LogP contribution in [0.1, 0.15) is 22.8 Å². The zero-order chi connectivity index (χ0) is 25.0. The molecule has 0 radical (unpaired) electrons. The summed E-state index contributed by atoms with van der Waals surface area (Å²) in [6.07, 6.45) is 5.09. The van der Waals surface area contributed by atoms with Crippen molar-refractivity contribution < 1.29 is 0 Å². The Kier molecular flexibility index (Phi) is 8.78. The number of benzene rings is 2. The van der Waals surface area contributed by atoms with Gasteiger partial charge in [0, 0.05) is 40.0 Å². The Morgan fingerprint density at radius 2 is 1.06 bits per heavy atom. The largest absolute Gasteiger partial charge is 0.295 e. The van der Waals surface area contributed by atoms with Crippen molar-refractivity contribution in [2.45, 2.75) is 12.8 Å². The highest BCUT2D eigenvalue weighted by Gasteiger charge is 2.11. The average Bonchev–Trinajstić information content (AvgIpc) is 3.52. The molecule has 0 fully saturated rings. The van der Waals surface area contributed by atoms with Crippen LogP contribution in [-0.2, 0) is 26.9 Å². The molecule has 4 aromatic rings. The molecule has 36 heavy (non-hydrogen) atoms. The molecular weight excluding hydrogens is 456 g/mol. The SMILES string of the molecule is Cn1nnnc1CCN(CCN(CCc1nnnn1C)/N=C/c1ccccc1)/N=C\c1ccccc1. The summed E-state index contributed by atoms with van der Waals surface area (Å²) < 4.78 is 3.37. The number of aryl methyl sites for hydroxylation is 2. The minimum atomic E-state index is 0.664. The number of tetrazole rings is 2. The highest BCUT2D eigenvalue weighted by molar-refractivity contribution is 5.79. The average molecular weight is 487 g/mol. The monoisotopic (exact) mass is 486 g/mol. The van der Waals surface area contributed by atoms with Crippen LogP contribution in [0.15, 0.2) is 70.9 Å². The Balaban J connectivity index is 1.44. The molecule has 12 heteroatoms. The number of hydrazone groups is 2. The Morgan fingerprint density at radius 3 is 1.42 bits per heavy atom. The molecule has 2 aromatic heterocycles. The van der Waals surface area contributed by atoms with E-state index >= 15 is 0 Å². The molecule has 2 heterocycles. The third-order valence-electron chi connectivity index (χ3n) is 5.56. The Hall–Kier alpha value is -4.48. The van der Waals surface area contributed by atoms with Gasteiger partial charge in [0.15, 0.2) is 11.6 Å². The lowest BCUT2D eigenvalue weighted by Gasteiger charge is -2.24. The molecule has 0 aliphatic heterocycles. The third-order valence-corrected chi connectivity index (χ3v) is 5.56. The van der Waals surface area contributed by atoms with Crippen molar-refractivity contribution in [2.75, 3.05) is 26.2 Å². The van der Waals surface area contributed by atoms with Crippen LogP contribution in [0.3, 0.4) is 0 Å². The number of hydrogen-bond acceptors (Lipinski definition) is 10. The van der Waals surface area contributed by atoms with Gasteiger partial charge in [-0.05, 0) is 32.0 Å². The highest BCUT2D eigenvalue weighted by Crippen LogP contribution is 2.03. The number of aromatic nitrogens is 8. The van der Waals surface area contributed by atoms with E-state index in [1.165, 1.54) is 0 Å². The first-order valence-electron chi connectivity index (χ1n) is 11.8. The molecule has 4 rings (SSSR count). The van der Waals surface area contributed by atoms with E-state index in [1.54, 1.807) is 9.36 Å². The molecule has 0 atom stereocenters. The smallest absolute Gasteiger partial charge is 0.152 e. The van der Waals surface area contributed by atoms with Gasteiger partial charge in [-0.2, -0.15) is 10.2 Å². The maximum atomic E-state index is 4.75. The van der Waals surface area contributed by atoms with Crippen LogP contribution < -0.4 is 0 Å². The van der Waals surface area contributed by atoms with E-state index in [0.717, 1.165) is 22.8 Å². The van der Waals surface area contributed by atoms with E-state index in [9.17, 15) is 0 Å². The number of hydrogen-bond donors (Lipinski definition) is 0. The topological polar surface area (TPSA) is 118 Å². The fraction of sp³-hybridized carbons (Fsp3) is 0.333. The first kappa shape index (κ1) is 24.6. The van der Waals surface area contributed by atoms with Crippen molar-refractivity contribution in [1.82, 2.24) is 50.4 Å². The van der Waals surface area contributed by atoms with Gasteiger partial charge in [0.1, 0.15) is 0 Å². The van der Waals surface area contributed by atoms with Crippen molar-refractivity contribution in [3.05, 3.63) is 83.4 Å². The van der Waals surface area contributed by atoms with Crippen LogP contribution in [-0.4, -0.2) is 89.0 Å². The lowest BCUT2D eigenvalue weighted by atomic mass is 10.2. The van der Waals surface area contributed by atoms with Gasteiger partial charge in [-0.3, -0.25) is 10.0 Å². The van der Waals surface area contributed by atoms with E-state index in [0.29, 0.717) is 39.0 Å². The molecule has 0 unspecified atom stereocenters. The summed E-state index contributed by atoms with van der Waals surface area (Å²) in [7, 11) is 3.68. The second-order valence-electron chi connectivity index (χ2n) is 8.16. The Labute approximate surface area is 209 Å². The van der Waals surface area contributed by atoms with E-state index in [1.807, 2.05) is 97.2 Å². The summed E-state index contributed by atoms with van der Waals surface area (Å²) in [5.41, 5.74) is 2.08. The molecule has 186 valence electrons. The summed E-state index contributed by atoms with van der Waals surface area (Å²) in [5, 5.41) is 37.1. The fourth-order valence-corrected chi connectivity index (χ4v) is 3.44. The van der Waals surface area contributed by atoms with Gasteiger partial charge in [0.2, 0.25) is 0 Å². The first-order chi connectivity index (χ1) is 17.7. The van der Waals surface area contributed by atoms with Crippen molar-refractivity contribution in [3.63, 3.8) is 0 Å². The van der Waals surface area contributed by atoms with Crippen LogP contribution in [0.5, 0.6) is 0 Å². The van der Waals surface area contributed by atoms with Gasteiger partial charge in [-0.25, -0.2) is 9.36 Å². The van der Waals surface area contributed by atoms with Gasteiger partial charge < -0.3 is 0 Å². The quantitative estimate of drug-likeness (QED) is 0.204. The fourth-order valence-electron chi connectivity index (χ4n) is 3.44. The van der Waals surface area contributed by atoms with Gasteiger partial charge in [0.25, 0.3) is 0 Å². The Morgan fingerprint density at radius 1 is 0.639 bits per heavy atom. The minimum absolute atomic E-state index is 0.664. The summed E-state index contributed by atoms with van der Waals surface area (Å²) in [5.74, 6) is 1.62. The van der Waals surface area contributed by atoms with Gasteiger partial charge in [0.05, 0.1) is 25.5 Å². The second-order valence-corrected chi connectivity index (χ2v) is 8.16. The highest BCUT2D eigenvalue weighted by atomic mass is 15.5. The summed E-state index contributed by atoms with van der Waals surface area (Å²) >= 11 is 0. The lowest BCUT2D eigenvalue weighted by Crippen LogP contribution is -2.33. The summed E-state index contributed by atoms with van der Waals surface area (Å²) in [6.45, 7) is 2.66. The molecule has 0 aliphatic rings. The van der Waals surface area contributed by atoms with Crippen LogP contribution in [0.25, 0.3) is 0 Å². The van der Waals surface area contributed by atoms with Gasteiger partial charge in [-0.1, -0.05) is 60.7 Å². The minimum Gasteiger partial charge on any atom is -0.295 e. The van der Waals surface area contributed by atoms with Crippen molar-refractivity contribution in [2.24, 2.45) is 24.3 Å². The normalized spacial score (nSPS) is 11.5. The zero-order valence-corrected chi connectivity index (χ0v) is 20.5. The molecular formula is C24H30N12. The predicted molar refractivity (Wildman–Crippen MR) is 136 cm³/mol. The molecule has 0 amide bonds. The van der Waals surface area contributed by atoms with Crippen molar-refractivity contribution >= 4 is 12.4 Å². The standard InChI is InChI=1S/C24H30N12/c1-33-23(27-29-31-33)13-15-35(25-19-21-9-5-3-6-10-21)17-18-36(16-14-24-28-30-32-34(24)2)26-20-22-11-7-4-8-12-22/h3-12,19-20H,13-18H2,1-2H3/b25-19-,26-20+. The molecule has 0 saturated carbocycles. The molecule has 12 nitrogen and oxygen atoms in total.